The van der Waals surface area contributed by atoms with Crippen LogP contribution in [0.1, 0.15) is 13.8 Å². The molecule has 4 N–H and O–H groups in total. The Hall–Kier alpha value is -1.33. The second-order valence-electron chi connectivity index (χ2n) is 9.91. The van der Waals surface area contributed by atoms with E-state index in [0.717, 1.165) is 5.57 Å². The highest BCUT2D eigenvalue weighted by molar-refractivity contribution is 5.74. The fraction of sp³-hybridized carbons (Fsp3) is 0.792. The van der Waals surface area contributed by atoms with E-state index >= 15 is 0 Å². The molecule has 186 valence electrons. The Balaban J connectivity index is 1.88. The van der Waals surface area contributed by atoms with Gasteiger partial charge in [0.05, 0.1) is 44.1 Å². The van der Waals surface area contributed by atoms with Gasteiger partial charge in [-0.25, -0.2) is 0 Å². The molecular formula is C24H36O9. The lowest BCUT2D eigenvalue weighted by atomic mass is 9.56. The van der Waals surface area contributed by atoms with Crippen LogP contribution < -0.4 is 0 Å². The molecule has 1 saturated heterocycles. The number of cyclic esters (lactones) is 1. The summed E-state index contributed by atoms with van der Waals surface area (Å²) in [5.74, 6) is -3.45. The summed E-state index contributed by atoms with van der Waals surface area (Å²) in [6.07, 6.45) is 1.13. The predicted octanol–water partition coefficient (Wildman–Crippen LogP) is -0.336. The molecule has 0 aromatic carbocycles. The van der Waals surface area contributed by atoms with E-state index in [-0.39, 0.29) is 19.1 Å². The first-order valence-corrected chi connectivity index (χ1v) is 11.6. The molecule has 0 aromatic rings. The number of esters is 1. The van der Waals surface area contributed by atoms with Crippen LogP contribution in [-0.4, -0.2) is 96.6 Å². The van der Waals surface area contributed by atoms with E-state index in [1.165, 1.54) is 14.2 Å². The number of methoxy groups -OCH3 is 2. The van der Waals surface area contributed by atoms with Crippen molar-refractivity contribution < 1.29 is 44.2 Å². The summed E-state index contributed by atoms with van der Waals surface area (Å²) in [6, 6.07) is 0. The SMILES string of the molecule is COCC1C(=O)OC(C(O)CO)C(C)C=C(C)C23OC4C(O)C(COC)C(O)C2C4C=CC13. The predicted molar refractivity (Wildman–Crippen MR) is 116 cm³/mol. The van der Waals surface area contributed by atoms with E-state index < -0.39 is 78.3 Å². The van der Waals surface area contributed by atoms with Gasteiger partial charge in [0.25, 0.3) is 0 Å². The molecule has 1 saturated carbocycles. The lowest BCUT2D eigenvalue weighted by Crippen LogP contribution is -2.59. The fourth-order valence-corrected chi connectivity index (χ4v) is 6.70. The quantitative estimate of drug-likeness (QED) is 0.305. The summed E-state index contributed by atoms with van der Waals surface area (Å²) in [4.78, 5) is 13.4. The van der Waals surface area contributed by atoms with Crippen molar-refractivity contribution in [3.05, 3.63) is 23.8 Å². The molecule has 12 unspecified atom stereocenters. The van der Waals surface area contributed by atoms with Crippen molar-refractivity contribution in [2.75, 3.05) is 34.0 Å². The molecule has 2 aliphatic heterocycles. The van der Waals surface area contributed by atoms with Crippen LogP contribution in [0.5, 0.6) is 0 Å². The normalized spacial score (nSPS) is 47.6. The molecule has 12 atom stereocenters. The number of aliphatic hydroxyl groups excluding tert-OH is 4. The minimum absolute atomic E-state index is 0.0464. The van der Waals surface area contributed by atoms with Crippen molar-refractivity contribution in [1.82, 2.24) is 0 Å². The number of hydrogen-bond donors (Lipinski definition) is 4. The van der Waals surface area contributed by atoms with E-state index in [2.05, 4.69) is 0 Å². The molecule has 2 aliphatic carbocycles. The molecule has 4 bridgehead atoms. The van der Waals surface area contributed by atoms with Crippen LogP contribution in [0.4, 0.5) is 0 Å². The average molecular weight is 469 g/mol. The van der Waals surface area contributed by atoms with Gasteiger partial charge in [-0.3, -0.25) is 4.79 Å². The zero-order chi connectivity index (χ0) is 24.1. The Labute approximate surface area is 194 Å². The minimum Gasteiger partial charge on any atom is -0.459 e. The van der Waals surface area contributed by atoms with Gasteiger partial charge >= 0.3 is 5.97 Å². The highest BCUT2D eigenvalue weighted by atomic mass is 16.6. The summed E-state index contributed by atoms with van der Waals surface area (Å²) in [5, 5.41) is 42.5. The van der Waals surface area contributed by atoms with Gasteiger partial charge in [-0.1, -0.05) is 25.2 Å². The fourth-order valence-electron chi connectivity index (χ4n) is 6.70. The maximum Gasteiger partial charge on any atom is 0.312 e. The van der Waals surface area contributed by atoms with Crippen molar-refractivity contribution in [3.8, 4) is 0 Å². The zero-order valence-electron chi connectivity index (χ0n) is 19.5. The van der Waals surface area contributed by atoms with Crippen molar-refractivity contribution in [1.29, 1.82) is 0 Å². The molecule has 0 radical (unpaired) electrons. The van der Waals surface area contributed by atoms with Crippen molar-refractivity contribution in [2.45, 2.75) is 50.0 Å². The van der Waals surface area contributed by atoms with Gasteiger partial charge in [-0.2, -0.15) is 0 Å². The largest absolute Gasteiger partial charge is 0.459 e. The summed E-state index contributed by atoms with van der Waals surface area (Å²) in [5.41, 5.74) is -0.275. The molecule has 2 fully saturated rings. The number of carbonyl (C=O) groups is 1. The maximum atomic E-state index is 13.4. The topological polar surface area (TPSA) is 135 Å². The van der Waals surface area contributed by atoms with Crippen molar-refractivity contribution in [3.63, 3.8) is 0 Å². The molecule has 0 aromatic heterocycles. The maximum absolute atomic E-state index is 13.4. The van der Waals surface area contributed by atoms with Crippen LogP contribution in [0.2, 0.25) is 0 Å². The van der Waals surface area contributed by atoms with E-state index in [9.17, 15) is 25.2 Å². The van der Waals surface area contributed by atoms with Crippen molar-refractivity contribution in [2.24, 2.45) is 35.5 Å². The van der Waals surface area contributed by atoms with Gasteiger partial charge in [0.2, 0.25) is 0 Å². The Morgan fingerprint density at radius 2 is 1.85 bits per heavy atom. The third kappa shape index (κ3) is 3.69. The first-order valence-electron chi connectivity index (χ1n) is 11.6. The number of carbonyl (C=O) groups excluding carboxylic acids is 1. The second-order valence-corrected chi connectivity index (χ2v) is 9.91. The van der Waals surface area contributed by atoms with Crippen LogP contribution in [0.25, 0.3) is 0 Å². The highest BCUT2D eigenvalue weighted by Gasteiger charge is 2.70. The van der Waals surface area contributed by atoms with Gasteiger partial charge in [0.1, 0.15) is 17.8 Å². The van der Waals surface area contributed by atoms with Crippen LogP contribution >= 0.6 is 0 Å². The number of rotatable bonds is 6. The van der Waals surface area contributed by atoms with Gasteiger partial charge in [-0.15, -0.1) is 0 Å². The molecule has 9 nitrogen and oxygen atoms in total. The Morgan fingerprint density at radius 3 is 2.48 bits per heavy atom. The third-order valence-electron chi connectivity index (χ3n) is 8.15. The lowest BCUT2D eigenvalue weighted by molar-refractivity contribution is -0.172. The summed E-state index contributed by atoms with van der Waals surface area (Å²) >= 11 is 0. The first-order chi connectivity index (χ1) is 15.7. The van der Waals surface area contributed by atoms with E-state index in [1.807, 2.05) is 25.2 Å². The van der Waals surface area contributed by atoms with Gasteiger partial charge in [0, 0.05) is 43.8 Å². The van der Waals surface area contributed by atoms with Gasteiger partial charge in [0.15, 0.2) is 0 Å². The molecule has 2 heterocycles. The number of hydrogen-bond acceptors (Lipinski definition) is 9. The van der Waals surface area contributed by atoms with Gasteiger partial charge < -0.3 is 39.4 Å². The number of ether oxygens (including phenoxy) is 4. The molecular weight excluding hydrogens is 432 g/mol. The molecule has 4 aliphatic rings. The van der Waals surface area contributed by atoms with E-state index in [1.54, 1.807) is 6.92 Å². The minimum atomic E-state index is -1.25. The van der Waals surface area contributed by atoms with Crippen LogP contribution in [-0.2, 0) is 23.7 Å². The molecule has 0 amide bonds. The van der Waals surface area contributed by atoms with Crippen LogP contribution in [0, 0.1) is 35.5 Å². The molecule has 1 spiro atoms. The summed E-state index contributed by atoms with van der Waals surface area (Å²) < 4.78 is 23.1. The van der Waals surface area contributed by atoms with Crippen LogP contribution in [0.15, 0.2) is 23.8 Å². The number of aliphatic hydroxyl groups is 4. The monoisotopic (exact) mass is 468 g/mol. The van der Waals surface area contributed by atoms with Gasteiger partial charge in [-0.05, 0) is 12.5 Å². The van der Waals surface area contributed by atoms with Crippen LogP contribution in [0.3, 0.4) is 0 Å². The molecule has 33 heavy (non-hydrogen) atoms. The molecule has 4 rings (SSSR count). The summed E-state index contributed by atoms with van der Waals surface area (Å²) in [7, 11) is 3.02. The Morgan fingerprint density at radius 1 is 1.15 bits per heavy atom. The van der Waals surface area contributed by atoms with E-state index in [4.69, 9.17) is 18.9 Å². The Kier molecular flexibility index (Phi) is 7.04. The van der Waals surface area contributed by atoms with Crippen molar-refractivity contribution >= 4 is 5.97 Å². The smallest absolute Gasteiger partial charge is 0.312 e. The highest BCUT2D eigenvalue weighted by Crippen LogP contribution is 2.61. The average Bonchev–Trinajstić information content (AvgIpc) is 2.99. The standard InChI is InChI=1S/C24H36O9/c1-11-7-12(2)24-16(14(9-30-3)23(29)32-21(11)17(26)8-25)6-5-13-18(24)19(27)15(10-31-4)20(28)22(13)33-24/h5-7,11,13-22,25-28H,8-10H2,1-4H3. The summed E-state index contributed by atoms with van der Waals surface area (Å²) in [6.45, 7) is 3.38. The zero-order valence-corrected chi connectivity index (χ0v) is 19.5. The first kappa shape index (κ1) is 24.8. The third-order valence-corrected chi connectivity index (χ3v) is 8.15. The van der Waals surface area contributed by atoms with E-state index in [0.29, 0.717) is 0 Å². The second kappa shape index (κ2) is 9.37. The lowest BCUT2D eigenvalue weighted by Gasteiger charge is -2.49. The Bertz CT molecular complexity index is 797. The molecule has 9 heteroatoms.